The van der Waals surface area contributed by atoms with E-state index in [1.807, 2.05) is 0 Å². The van der Waals surface area contributed by atoms with E-state index in [9.17, 15) is 14.4 Å². The number of morpholine rings is 1. The van der Waals surface area contributed by atoms with Crippen molar-refractivity contribution in [2.75, 3.05) is 53.2 Å². The maximum atomic E-state index is 13.0. The van der Waals surface area contributed by atoms with E-state index < -0.39 is 0 Å². The van der Waals surface area contributed by atoms with E-state index in [-0.39, 0.29) is 24.4 Å². The standard InChI is InChI=1S/C25H31BrN2O7S2/c1-3-34-22(30)7-5-4-6-8-28-24(31)20(37-25(28)36)15-17-13-18(26)23(19(14-17)32-2)35-16-21(29)27-9-11-33-12-10-27/h13-15H,3-12,16H2,1-2H3/b20-15+. The molecule has 0 atom stereocenters. The van der Waals surface area contributed by atoms with Crippen LogP contribution in [0.15, 0.2) is 21.5 Å². The molecule has 0 radical (unpaired) electrons. The molecule has 2 aliphatic rings. The summed E-state index contributed by atoms with van der Waals surface area (Å²) in [6, 6.07) is 3.56. The topological polar surface area (TPSA) is 94.6 Å². The molecule has 0 spiro atoms. The number of ether oxygens (including phenoxy) is 4. The lowest BCUT2D eigenvalue weighted by atomic mass is 10.1. The summed E-state index contributed by atoms with van der Waals surface area (Å²) in [4.78, 5) is 40.7. The van der Waals surface area contributed by atoms with Crippen LogP contribution in [0.1, 0.15) is 38.2 Å². The second-order valence-electron chi connectivity index (χ2n) is 8.26. The highest BCUT2D eigenvalue weighted by Crippen LogP contribution is 2.39. The summed E-state index contributed by atoms with van der Waals surface area (Å²) in [5.41, 5.74) is 0.727. The smallest absolute Gasteiger partial charge is 0.305 e. The number of hydrogen-bond acceptors (Lipinski definition) is 9. The quantitative estimate of drug-likeness (QED) is 0.150. The number of hydrogen-bond donors (Lipinski definition) is 0. The highest BCUT2D eigenvalue weighted by molar-refractivity contribution is 9.10. The minimum atomic E-state index is -0.197. The Balaban J connectivity index is 1.59. The lowest BCUT2D eigenvalue weighted by molar-refractivity contribution is -0.143. The number of carbonyl (C=O) groups is 3. The van der Waals surface area contributed by atoms with Gasteiger partial charge in [-0.2, -0.15) is 0 Å². The number of methoxy groups -OCH3 is 1. The minimum absolute atomic E-state index is 0.118. The van der Waals surface area contributed by atoms with Crippen molar-refractivity contribution >= 4 is 68.1 Å². The number of thiocarbonyl (C=S) groups is 1. The molecule has 0 bridgehead atoms. The molecule has 2 heterocycles. The Morgan fingerprint density at radius 1 is 1.22 bits per heavy atom. The van der Waals surface area contributed by atoms with Gasteiger partial charge in [0, 0.05) is 26.1 Å². The van der Waals surface area contributed by atoms with Crippen LogP contribution >= 0.6 is 39.9 Å². The zero-order chi connectivity index (χ0) is 26.8. The average molecular weight is 616 g/mol. The zero-order valence-electron chi connectivity index (χ0n) is 21.0. The Labute approximate surface area is 234 Å². The summed E-state index contributed by atoms with van der Waals surface area (Å²) in [6.07, 6.45) is 4.39. The van der Waals surface area contributed by atoms with Crippen molar-refractivity contribution in [3.05, 3.63) is 27.1 Å². The molecule has 2 amide bonds. The largest absolute Gasteiger partial charge is 0.493 e. The van der Waals surface area contributed by atoms with Crippen LogP contribution < -0.4 is 9.47 Å². The van der Waals surface area contributed by atoms with Crippen LogP contribution in [0.4, 0.5) is 0 Å². The average Bonchev–Trinajstić information content (AvgIpc) is 3.15. The van der Waals surface area contributed by atoms with Gasteiger partial charge in [-0.15, -0.1) is 0 Å². The van der Waals surface area contributed by atoms with E-state index in [2.05, 4.69) is 15.9 Å². The highest BCUT2D eigenvalue weighted by atomic mass is 79.9. The van der Waals surface area contributed by atoms with Crippen LogP contribution in [-0.2, 0) is 23.9 Å². The van der Waals surface area contributed by atoms with Crippen LogP contribution in [0, 0.1) is 0 Å². The fourth-order valence-corrected chi connectivity index (χ4v) is 5.68. The van der Waals surface area contributed by atoms with E-state index in [4.69, 9.17) is 31.2 Å². The summed E-state index contributed by atoms with van der Waals surface area (Å²) in [5.74, 6) is 0.389. The second-order valence-corrected chi connectivity index (χ2v) is 10.8. The summed E-state index contributed by atoms with van der Waals surface area (Å²) < 4.78 is 22.6. The highest BCUT2D eigenvalue weighted by Gasteiger charge is 2.31. The predicted octanol–water partition coefficient (Wildman–Crippen LogP) is 4.02. The first-order valence-electron chi connectivity index (χ1n) is 12.1. The first-order chi connectivity index (χ1) is 17.8. The van der Waals surface area contributed by atoms with Crippen LogP contribution in [0.3, 0.4) is 0 Å². The predicted molar refractivity (Wildman–Crippen MR) is 149 cm³/mol. The monoisotopic (exact) mass is 614 g/mol. The molecule has 0 aliphatic carbocycles. The Morgan fingerprint density at radius 2 is 1.97 bits per heavy atom. The van der Waals surface area contributed by atoms with E-state index in [0.717, 1.165) is 18.4 Å². The van der Waals surface area contributed by atoms with Gasteiger partial charge in [0.25, 0.3) is 11.8 Å². The molecule has 1 aromatic carbocycles. The van der Waals surface area contributed by atoms with E-state index in [0.29, 0.717) is 77.5 Å². The van der Waals surface area contributed by atoms with Crippen molar-refractivity contribution in [1.29, 1.82) is 0 Å². The molecule has 12 heteroatoms. The molecule has 0 saturated carbocycles. The van der Waals surface area contributed by atoms with Gasteiger partial charge >= 0.3 is 5.97 Å². The number of nitrogens with zero attached hydrogens (tertiary/aromatic N) is 2. The Kier molecular flexibility index (Phi) is 11.7. The molecule has 0 unspecified atom stereocenters. The SMILES string of the molecule is CCOC(=O)CCCCCN1C(=O)/C(=C\c2cc(Br)c(OCC(=O)N3CCOCC3)c(OC)c2)SC1=S. The lowest BCUT2D eigenvalue weighted by Crippen LogP contribution is -2.43. The van der Waals surface area contributed by atoms with Crippen LogP contribution in [0.2, 0.25) is 0 Å². The van der Waals surface area contributed by atoms with Gasteiger partial charge in [0.05, 0.1) is 36.3 Å². The third-order valence-electron chi connectivity index (χ3n) is 5.69. The summed E-state index contributed by atoms with van der Waals surface area (Å²) in [6.45, 7) is 4.69. The fraction of sp³-hybridized carbons (Fsp3) is 0.520. The van der Waals surface area contributed by atoms with Crippen LogP contribution in [0.5, 0.6) is 11.5 Å². The molecule has 37 heavy (non-hydrogen) atoms. The van der Waals surface area contributed by atoms with Crippen molar-refractivity contribution in [3.8, 4) is 11.5 Å². The molecule has 1 aromatic rings. The lowest BCUT2D eigenvalue weighted by Gasteiger charge is -2.27. The van der Waals surface area contributed by atoms with Crippen molar-refractivity contribution in [2.24, 2.45) is 0 Å². The number of halogens is 1. The van der Waals surface area contributed by atoms with Crippen LogP contribution in [0.25, 0.3) is 6.08 Å². The summed E-state index contributed by atoms with van der Waals surface area (Å²) in [7, 11) is 1.52. The summed E-state index contributed by atoms with van der Waals surface area (Å²) >= 11 is 10.2. The number of esters is 1. The molecule has 9 nitrogen and oxygen atoms in total. The molecular formula is C25H31BrN2O7S2. The zero-order valence-corrected chi connectivity index (χ0v) is 24.2. The third kappa shape index (κ3) is 8.42. The number of amides is 2. The second kappa shape index (κ2) is 14.7. The number of unbranched alkanes of at least 4 members (excludes halogenated alkanes) is 2. The van der Waals surface area contributed by atoms with Gasteiger partial charge < -0.3 is 23.8 Å². The van der Waals surface area contributed by atoms with Gasteiger partial charge in [-0.25, -0.2) is 0 Å². The Morgan fingerprint density at radius 3 is 2.68 bits per heavy atom. The van der Waals surface area contributed by atoms with Crippen molar-refractivity contribution in [3.63, 3.8) is 0 Å². The number of benzene rings is 1. The van der Waals surface area contributed by atoms with Gasteiger partial charge in [-0.3, -0.25) is 19.3 Å². The van der Waals surface area contributed by atoms with E-state index >= 15 is 0 Å². The van der Waals surface area contributed by atoms with Gasteiger partial charge in [-0.1, -0.05) is 30.4 Å². The Bertz CT molecular complexity index is 1040. The molecule has 2 aliphatic heterocycles. The number of carbonyl (C=O) groups excluding carboxylic acids is 3. The molecule has 202 valence electrons. The van der Waals surface area contributed by atoms with Crippen LogP contribution in [-0.4, -0.2) is 85.1 Å². The van der Waals surface area contributed by atoms with Gasteiger partial charge in [-0.05, 0) is 59.5 Å². The normalized spacial score (nSPS) is 16.9. The minimum Gasteiger partial charge on any atom is -0.493 e. The third-order valence-corrected chi connectivity index (χ3v) is 7.66. The first kappa shape index (κ1) is 29.4. The Hall–Kier alpha value is -2.15. The number of thioether (sulfide) groups is 1. The van der Waals surface area contributed by atoms with Gasteiger partial charge in [0.1, 0.15) is 4.32 Å². The molecule has 2 saturated heterocycles. The van der Waals surface area contributed by atoms with Crippen molar-refractivity contribution in [2.45, 2.75) is 32.6 Å². The van der Waals surface area contributed by atoms with Gasteiger partial charge in [0.2, 0.25) is 0 Å². The fourth-order valence-electron chi connectivity index (χ4n) is 3.79. The van der Waals surface area contributed by atoms with Crippen molar-refractivity contribution in [1.82, 2.24) is 9.80 Å². The molecule has 0 aromatic heterocycles. The van der Waals surface area contributed by atoms with Gasteiger partial charge in [0.15, 0.2) is 18.1 Å². The number of rotatable bonds is 12. The van der Waals surface area contributed by atoms with E-state index in [1.165, 1.54) is 18.9 Å². The van der Waals surface area contributed by atoms with Crippen molar-refractivity contribution < 1.29 is 33.3 Å². The molecular weight excluding hydrogens is 584 g/mol. The molecule has 0 N–H and O–H groups in total. The summed E-state index contributed by atoms with van der Waals surface area (Å²) in [5, 5.41) is 0. The molecule has 2 fully saturated rings. The maximum absolute atomic E-state index is 13.0. The molecule has 3 rings (SSSR count). The maximum Gasteiger partial charge on any atom is 0.305 e. The van der Waals surface area contributed by atoms with E-state index in [1.54, 1.807) is 34.9 Å². The first-order valence-corrected chi connectivity index (χ1v) is 14.1.